The average molecular weight is 290 g/mol. The second-order valence-corrected chi connectivity index (χ2v) is 6.35. The molecular weight excluding hydrogens is 264 g/mol. The van der Waals surface area contributed by atoms with Crippen LogP contribution in [-0.2, 0) is 0 Å². The lowest BCUT2D eigenvalue weighted by Crippen LogP contribution is -2.35. The predicted molar refractivity (Wildman–Crippen MR) is 86.0 cm³/mol. The highest BCUT2D eigenvalue weighted by Crippen LogP contribution is 2.29. The zero-order valence-electron chi connectivity index (χ0n) is 13.3. The Morgan fingerprint density at radius 3 is 2.38 bits per heavy atom. The van der Waals surface area contributed by atoms with Gasteiger partial charge in [0, 0.05) is 32.7 Å². The van der Waals surface area contributed by atoms with Crippen molar-refractivity contribution in [3.8, 4) is 0 Å². The highest BCUT2D eigenvalue weighted by Gasteiger charge is 2.30. The van der Waals surface area contributed by atoms with E-state index in [1.165, 1.54) is 25.7 Å². The Bertz CT molecular complexity index is 483. The van der Waals surface area contributed by atoms with E-state index in [0.717, 1.165) is 31.5 Å². The molecule has 2 aliphatic rings. The van der Waals surface area contributed by atoms with Gasteiger partial charge in [0.15, 0.2) is 0 Å². The van der Waals surface area contributed by atoms with Crippen LogP contribution in [0.1, 0.15) is 39.5 Å². The first-order chi connectivity index (χ1) is 10.2. The molecule has 0 aliphatic carbocycles. The summed E-state index contributed by atoms with van der Waals surface area (Å²) in [4.78, 5) is 18.6. The molecule has 2 fully saturated rings. The molecule has 0 bridgehead atoms. The second kappa shape index (κ2) is 6.03. The first-order valence-electron chi connectivity index (χ1n) is 8.14. The maximum Gasteiger partial charge on any atom is 0.232 e. The highest BCUT2D eigenvalue weighted by atomic mass is 15.4. The molecule has 6 nitrogen and oxygen atoms in total. The van der Waals surface area contributed by atoms with Crippen molar-refractivity contribution in [2.24, 2.45) is 5.92 Å². The standard InChI is InChI=1S/C15H26N6/c1-11(2)12-7-6-10-21(12)15-18-13(16-3)17-14(19-15)20-8-4-5-9-20/h11-12H,4-10H2,1-3H3,(H,16,17,18,19). The van der Waals surface area contributed by atoms with Crippen LogP contribution < -0.4 is 15.1 Å². The minimum atomic E-state index is 0.545. The minimum absolute atomic E-state index is 0.545. The van der Waals surface area contributed by atoms with Crippen molar-refractivity contribution in [3.05, 3.63) is 0 Å². The molecule has 1 atom stereocenters. The second-order valence-electron chi connectivity index (χ2n) is 6.35. The van der Waals surface area contributed by atoms with Gasteiger partial charge in [0.2, 0.25) is 17.8 Å². The molecule has 2 aliphatic heterocycles. The van der Waals surface area contributed by atoms with Crippen LogP contribution in [0.15, 0.2) is 0 Å². The Labute approximate surface area is 127 Å². The SMILES string of the molecule is CNc1nc(N2CCCC2)nc(N2CCCC2C(C)C)n1. The first-order valence-corrected chi connectivity index (χ1v) is 8.14. The number of hydrogen-bond acceptors (Lipinski definition) is 6. The largest absolute Gasteiger partial charge is 0.357 e. The van der Waals surface area contributed by atoms with E-state index in [0.29, 0.717) is 17.9 Å². The summed E-state index contributed by atoms with van der Waals surface area (Å²) < 4.78 is 0. The third-order valence-electron chi connectivity index (χ3n) is 4.55. The van der Waals surface area contributed by atoms with E-state index in [1.54, 1.807) is 0 Å². The summed E-state index contributed by atoms with van der Waals surface area (Å²) in [7, 11) is 1.87. The van der Waals surface area contributed by atoms with Crippen molar-refractivity contribution in [3.63, 3.8) is 0 Å². The summed E-state index contributed by atoms with van der Waals surface area (Å²) in [6.07, 6.45) is 4.92. The average Bonchev–Trinajstić information content (AvgIpc) is 3.17. The van der Waals surface area contributed by atoms with Crippen molar-refractivity contribution >= 4 is 17.8 Å². The topological polar surface area (TPSA) is 57.2 Å². The van der Waals surface area contributed by atoms with Crippen molar-refractivity contribution in [1.82, 2.24) is 15.0 Å². The summed E-state index contributed by atoms with van der Waals surface area (Å²) in [6, 6.07) is 0.545. The molecule has 0 saturated carbocycles. The van der Waals surface area contributed by atoms with Crippen LogP contribution in [0.2, 0.25) is 0 Å². The van der Waals surface area contributed by atoms with Gasteiger partial charge < -0.3 is 15.1 Å². The predicted octanol–water partition coefficient (Wildman–Crippen LogP) is 2.14. The molecule has 6 heteroatoms. The fraction of sp³-hybridized carbons (Fsp3) is 0.800. The van der Waals surface area contributed by atoms with E-state index in [2.05, 4.69) is 38.9 Å². The van der Waals surface area contributed by atoms with E-state index in [1.807, 2.05) is 7.05 Å². The molecule has 1 aromatic rings. The first kappa shape index (κ1) is 14.4. The molecule has 1 aromatic heterocycles. The van der Waals surface area contributed by atoms with Crippen molar-refractivity contribution in [2.75, 3.05) is 41.8 Å². The van der Waals surface area contributed by atoms with Crippen molar-refractivity contribution < 1.29 is 0 Å². The Kier molecular flexibility index (Phi) is 4.12. The molecule has 1 unspecified atom stereocenters. The zero-order chi connectivity index (χ0) is 14.8. The number of anilines is 3. The monoisotopic (exact) mass is 290 g/mol. The van der Waals surface area contributed by atoms with Gasteiger partial charge in [-0.1, -0.05) is 13.8 Å². The Balaban J connectivity index is 1.91. The van der Waals surface area contributed by atoms with E-state index in [9.17, 15) is 0 Å². The summed E-state index contributed by atoms with van der Waals surface area (Å²) >= 11 is 0. The van der Waals surface area contributed by atoms with Crippen LogP contribution >= 0.6 is 0 Å². The molecule has 2 saturated heterocycles. The summed E-state index contributed by atoms with van der Waals surface area (Å²) in [5.41, 5.74) is 0. The fourth-order valence-corrected chi connectivity index (χ4v) is 3.39. The van der Waals surface area contributed by atoms with Gasteiger partial charge in [-0.3, -0.25) is 0 Å². The van der Waals surface area contributed by atoms with E-state index in [-0.39, 0.29) is 0 Å². The molecule has 0 aromatic carbocycles. The van der Waals surface area contributed by atoms with Gasteiger partial charge in [0.25, 0.3) is 0 Å². The summed E-state index contributed by atoms with van der Waals surface area (Å²) in [5, 5.41) is 3.08. The van der Waals surface area contributed by atoms with Crippen LogP contribution in [0.4, 0.5) is 17.8 Å². The Morgan fingerprint density at radius 2 is 1.71 bits per heavy atom. The maximum atomic E-state index is 4.77. The normalized spacial score (nSPS) is 22.4. The Morgan fingerprint density at radius 1 is 1.00 bits per heavy atom. The van der Waals surface area contributed by atoms with Gasteiger partial charge in [-0.2, -0.15) is 15.0 Å². The third kappa shape index (κ3) is 2.89. The number of rotatable bonds is 4. The molecule has 3 heterocycles. The Hall–Kier alpha value is -1.59. The van der Waals surface area contributed by atoms with Gasteiger partial charge in [0.05, 0.1) is 0 Å². The number of hydrogen-bond donors (Lipinski definition) is 1. The van der Waals surface area contributed by atoms with Crippen LogP contribution in [0.5, 0.6) is 0 Å². The lowest BCUT2D eigenvalue weighted by molar-refractivity contribution is 0.486. The van der Waals surface area contributed by atoms with Crippen molar-refractivity contribution in [2.45, 2.75) is 45.6 Å². The quantitative estimate of drug-likeness (QED) is 0.917. The molecule has 116 valence electrons. The number of nitrogens with one attached hydrogen (secondary N) is 1. The molecule has 0 spiro atoms. The van der Waals surface area contributed by atoms with Crippen LogP contribution in [-0.4, -0.2) is 47.7 Å². The van der Waals surface area contributed by atoms with Gasteiger partial charge in [0.1, 0.15) is 0 Å². The van der Waals surface area contributed by atoms with E-state index < -0.39 is 0 Å². The van der Waals surface area contributed by atoms with Gasteiger partial charge >= 0.3 is 0 Å². The molecule has 0 amide bonds. The summed E-state index contributed by atoms with van der Waals surface area (Å²) in [5.74, 6) is 2.97. The molecule has 3 rings (SSSR count). The number of nitrogens with zero attached hydrogens (tertiary/aromatic N) is 5. The zero-order valence-corrected chi connectivity index (χ0v) is 13.3. The van der Waals surface area contributed by atoms with Crippen LogP contribution in [0.3, 0.4) is 0 Å². The lowest BCUT2D eigenvalue weighted by Gasteiger charge is -2.28. The van der Waals surface area contributed by atoms with Gasteiger partial charge in [-0.15, -0.1) is 0 Å². The highest BCUT2D eigenvalue weighted by molar-refractivity contribution is 5.46. The van der Waals surface area contributed by atoms with Gasteiger partial charge in [-0.05, 0) is 31.6 Å². The molecular formula is C15H26N6. The molecule has 0 radical (unpaired) electrons. The maximum absolute atomic E-state index is 4.77. The molecule has 1 N–H and O–H groups in total. The van der Waals surface area contributed by atoms with Crippen molar-refractivity contribution in [1.29, 1.82) is 0 Å². The molecule has 21 heavy (non-hydrogen) atoms. The van der Waals surface area contributed by atoms with E-state index >= 15 is 0 Å². The summed E-state index contributed by atoms with van der Waals surface area (Å²) in [6.45, 7) is 7.73. The minimum Gasteiger partial charge on any atom is -0.357 e. The number of aromatic nitrogens is 3. The third-order valence-corrected chi connectivity index (χ3v) is 4.55. The fourth-order valence-electron chi connectivity index (χ4n) is 3.39. The van der Waals surface area contributed by atoms with Crippen LogP contribution in [0, 0.1) is 5.92 Å². The van der Waals surface area contributed by atoms with Gasteiger partial charge in [-0.25, -0.2) is 0 Å². The smallest absolute Gasteiger partial charge is 0.232 e. The van der Waals surface area contributed by atoms with Crippen LogP contribution in [0.25, 0.3) is 0 Å². The lowest BCUT2D eigenvalue weighted by atomic mass is 10.0. The van der Waals surface area contributed by atoms with E-state index in [4.69, 9.17) is 4.98 Å².